The van der Waals surface area contributed by atoms with Crippen LogP contribution in [-0.2, 0) is 14.3 Å². The van der Waals surface area contributed by atoms with Crippen LogP contribution in [0.1, 0.15) is 29.9 Å². The third kappa shape index (κ3) is 4.27. The van der Waals surface area contributed by atoms with E-state index in [2.05, 4.69) is 29.6 Å². The zero-order valence-corrected chi connectivity index (χ0v) is 16.2. The highest BCUT2D eigenvalue weighted by molar-refractivity contribution is 5.79. The van der Waals surface area contributed by atoms with Crippen molar-refractivity contribution in [3.8, 4) is 11.1 Å². The summed E-state index contributed by atoms with van der Waals surface area (Å²) in [6.45, 7) is 1.54. The summed E-state index contributed by atoms with van der Waals surface area (Å²) in [5.41, 5.74) is 4.63. The van der Waals surface area contributed by atoms with Crippen LogP contribution in [0.15, 0.2) is 48.5 Å². The average Bonchev–Trinajstić information content (AvgIpc) is 3.35. The van der Waals surface area contributed by atoms with E-state index in [-0.39, 0.29) is 25.0 Å². The SMILES string of the molecule is O=C(NCC(CC1CCOC1)C(=O)O)OCC1c2ccccc2-c2ccccc21. The first-order chi connectivity index (χ1) is 14.1. The van der Waals surface area contributed by atoms with Crippen molar-refractivity contribution in [2.24, 2.45) is 11.8 Å². The Balaban J connectivity index is 1.34. The highest BCUT2D eigenvalue weighted by atomic mass is 16.5. The molecule has 0 saturated carbocycles. The summed E-state index contributed by atoms with van der Waals surface area (Å²) >= 11 is 0. The van der Waals surface area contributed by atoms with E-state index in [9.17, 15) is 14.7 Å². The Morgan fingerprint density at radius 2 is 1.76 bits per heavy atom. The monoisotopic (exact) mass is 395 g/mol. The van der Waals surface area contributed by atoms with Crippen LogP contribution in [-0.4, -0.2) is 43.5 Å². The van der Waals surface area contributed by atoms with Gasteiger partial charge in [-0.15, -0.1) is 0 Å². The molecule has 2 atom stereocenters. The fourth-order valence-electron chi connectivity index (χ4n) is 4.30. The fraction of sp³-hybridized carbons (Fsp3) is 0.391. The van der Waals surface area contributed by atoms with Crippen molar-refractivity contribution >= 4 is 12.1 Å². The number of rotatable bonds is 7. The van der Waals surface area contributed by atoms with Gasteiger partial charge in [-0.25, -0.2) is 4.79 Å². The molecule has 0 bridgehead atoms. The number of carbonyl (C=O) groups is 2. The smallest absolute Gasteiger partial charge is 0.407 e. The maximum Gasteiger partial charge on any atom is 0.407 e. The summed E-state index contributed by atoms with van der Waals surface area (Å²) in [6.07, 6.45) is 0.786. The van der Waals surface area contributed by atoms with E-state index in [0.717, 1.165) is 17.5 Å². The van der Waals surface area contributed by atoms with Gasteiger partial charge in [0.1, 0.15) is 6.61 Å². The van der Waals surface area contributed by atoms with E-state index in [1.807, 2.05) is 24.3 Å². The van der Waals surface area contributed by atoms with Gasteiger partial charge in [-0.05, 0) is 41.0 Å². The molecule has 1 fully saturated rings. The van der Waals surface area contributed by atoms with Crippen molar-refractivity contribution in [1.29, 1.82) is 0 Å². The molecule has 2 N–H and O–H groups in total. The molecule has 0 radical (unpaired) electrons. The van der Waals surface area contributed by atoms with E-state index in [1.54, 1.807) is 0 Å². The van der Waals surface area contributed by atoms with Gasteiger partial charge in [0.25, 0.3) is 0 Å². The predicted molar refractivity (Wildman–Crippen MR) is 108 cm³/mol. The summed E-state index contributed by atoms with van der Waals surface area (Å²) < 4.78 is 10.8. The molecule has 6 nitrogen and oxygen atoms in total. The van der Waals surface area contributed by atoms with Crippen LogP contribution in [0.25, 0.3) is 11.1 Å². The Morgan fingerprint density at radius 1 is 1.10 bits per heavy atom. The summed E-state index contributed by atoms with van der Waals surface area (Å²) in [4.78, 5) is 23.7. The molecule has 0 spiro atoms. The maximum absolute atomic E-state index is 12.2. The van der Waals surface area contributed by atoms with Crippen molar-refractivity contribution in [1.82, 2.24) is 5.32 Å². The molecule has 4 rings (SSSR count). The van der Waals surface area contributed by atoms with Gasteiger partial charge >= 0.3 is 12.1 Å². The van der Waals surface area contributed by atoms with Gasteiger partial charge in [0.15, 0.2) is 0 Å². The van der Waals surface area contributed by atoms with E-state index in [0.29, 0.717) is 19.6 Å². The topological polar surface area (TPSA) is 84.9 Å². The minimum absolute atomic E-state index is 0.0148. The molecule has 1 aliphatic heterocycles. The standard InChI is InChI=1S/C23H25NO5/c25-22(26)16(11-15-9-10-28-13-15)12-24-23(27)29-14-21-19-7-3-1-5-17(19)18-6-2-4-8-20(18)21/h1-8,15-16,21H,9-14H2,(H,24,27)(H,25,26). The number of amides is 1. The van der Waals surface area contributed by atoms with E-state index in [1.165, 1.54) is 11.1 Å². The van der Waals surface area contributed by atoms with Crippen LogP contribution in [0, 0.1) is 11.8 Å². The van der Waals surface area contributed by atoms with Gasteiger partial charge in [0, 0.05) is 25.7 Å². The molecule has 1 amide bonds. The fourth-order valence-corrected chi connectivity index (χ4v) is 4.30. The number of hydrogen-bond donors (Lipinski definition) is 2. The number of ether oxygens (including phenoxy) is 2. The van der Waals surface area contributed by atoms with Crippen molar-refractivity contribution in [2.75, 3.05) is 26.4 Å². The molecule has 2 unspecified atom stereocenters. The molecule has 0 aromatic heterocycles. The second-order valence-corrected chi connectivity index (χ2v) is 7.71. The summed E-state index contributed by atoms with van der Waals surface area (Å²) in [7, 11) is 0. The van der Waals surface area contributed by atoms with Gasteiger partial charge in [0.2, 0.25) is 0 Å². The van der Waals surface area contributed by atoms with Crippen molar-refractivity contribution < 1.29 is 24.2 Å². The van der Waals surface area contributed by atoms with Crippen LogP contribution in [0.2, 0.25) is 0 Å². The van der Waals surface area contributed by atoms with Crippen LogP contribution in [0.4, 0.5) is 4.79 Å². The van der Waals surface area contributed by atoms with Gasteiger partial charge in [-0.3, -0.25) is 4.79 Å². The number of carboxylic acids is 1. The number of alkyl carbamates (subject to hydrolysis) is 1. The van der Waals surface area contributed by atoms with E-state index >= 15 is 0 Å². The summed E-state index contributed by atoms with van der Waals surface area (Å²) in [5.74, 6) is -1.32. The van der Waals surface area contributed by atoms with Gasteiger partial charge in [-0.2, -0.15) is 0 Å². The molecule has 2 aromatic carbocycles. The van der Waals surface area contributed by atoms with E-state index in [4.69, 9.17) is 9.47 Å². The van der Waals surface area contributed by atoms with Crippen LogP contribution < -0.4 is 5.32 Å². The zero-order chi connectivity index (χ0) is 20.2. The van der Waals surface area contributed by atoms with Crippen LogP contribution in [0.3, 0.4) is 0 Å². The second kappa shape index (κ2) is 8.66. The Hall–Kier alpha value is -2.86. The molecule has 1 heterocycles. The molecular weight excluding hydrogens is 370 g/mol. The lowest BCUT2D eigenvalue weighted by Gasteiger charge is -2.18. The number of hydrogen-bond acceptors (Lipinski definition) is 4. The highest BCUT2D eigenvalue weighted by Gasteiger charge is 2.29. The summed E-state index contributed by atoms with van der Waals surface area (Å²) in [6, 6.07) is 16.3. The number of carbonyl (C=O) groups excluding carboxylic acids is 1. The maximum atomic E-state index is 12.2. The number of aliphatic carboxylic acids is 1. The Kier molecular flexibility index (Phi) is 5.81. The molecule has 152 valence electrons. The Bertz CT molecular complexity index is 845. The second-order valence-electron chi connectivity index (χ2n) is 7.71. The highest BCUT2D eigenvalue weighted by Crippen LogP contribution is 2.44. The van der Waals surface area contributed by atoms with Crippen molar-refractivity contribution in [3.05, 3.63) is 59.7 Å². The molecular formula is C23H25NO5. The molecule has 29 heavy (non-hydrogen) atoms. The molecule has 1 saturated heterocycles. The minimum Gasteiger partial charge on any atom is -0.481 e. The number of carboxylic acid groups (broad SMARTS) is 1. The largest absolute Gasteiger partial charge is 0.481 e. The molecule has 1 aliphatic carbocycles. The van der Waals surface area contributed by atoms with Crippen molar-refractivity contribution in [2.45, 2.75) is 18.8 Å². The average molecular weight is 395 g/mol. The van der Waals surface area contributed by atoms with Crippen LogP contribution >= 0.6 is 0 Å². The zero-order valence-electron chi connectivity index (χ0n) is 16.2. The summed E-state index contributed by atoms with van der Waals surface area (Å²) in [5, 5.41) is 12.1. The molecule has 2 aliphatic rings. The lowest BCUT2D eigenvalue weighted by Crippen LogP contribution is -2.35. The first-order valence-electron chi connectivity index (χ1n) is 10.0. The Morgan fingerprint density at radius 3 is 2.34 bits per heavy atom. The third-order valence-corrected chi connectivity index (χ3v) is 5.83. The number of fused-ring (bicyclic) bond motifs is 3. The minimum atomic E-state index is -0.907. The predicted octanol–water partition coefficient (Wildman–Crippen LogP) is 3.65. The molecule has 6 heteroatoms. The van der Waals surface area contributed by atoms with E-state index < -0.39 is 18.0 Å². The lowest BCUT2D eigenvalue weighted by molar-refractivity contribution is -0.142. The van der Waals surface area contributed by atoms with Gasteiger partial charge in [0.05, 0.1) is 5.92 Å². The molecule has 2 aromatic rings. The van der Waals surface area contributed by atoms with Crippen LogP contribution in [0.5, 0.6) is 0 Å². The quantitative estimate of drug-likeness (QED) is 0.747. The number of benzene rings is 2. The first-order valence-corrected chi connectivity index (χ1v) is 10.0. The first kappa shape index (κ1) is 19.5. The third-order valence-electron chi connectivity index (χ3n) is 5.83. The number of nitrogens with one attached hydrogen (secondary N) is 1. The van der Waals surface area contributed by atoms with Gasteiger partial charge < -0.3 is 19.9 Å². The van der Waals surface area contributed by atoms with Crippen molar-refractivity contribution in [3.63, 3.8) is 0 Å². The normalized spacial score (nSPS) is 18.7. The lowest BCUT2D eigenvalue weighted by atomic mass is 9.94. The van der Waals surface area contributed by atoms with Gasteiger partial charge in [-0.1, -0.05) is 48.5 Å². The Labute approximate surface area is 169 Å².